The number of methoxy groups -OCH3 is 2. The number of benzene rings is 1. The summed E-state index contributed by atoms with van der Waals surface area (Å²) in [7, 11) is 3.33. The van der Waals surface area contributed by atoms with Crippen LogP contribution in [0.1, 0.15) is 18.4 Å². The fraction of sp³-hybridized carbons (Fsp3) is 0.385. The fourth-order valence-electron chi connectivity index (χ4n) is 2.04. The van der Waals surface area contributed by atoms with Crippen molar-refractivity contribution in [1.29, 1.82) is 0 Å². The Labute approximate surface area is 95.9 Å². The number of ether oxygens (including phenoxy) is 2. The number of rotatable bonds is 3. The van der Waals surface area contributed by atoms with Crippen molar-refractivity contribution in [2.45, 2.75) is 18.9 Å². The van der Waals surface area contributed by atoms with Crippen molar-refractivity contribution in [1.82, 2.24) is 0 Å². The largest absolute Gasteiger partial charge is 0.497 e. The molecule has 86 valence electrons. The summed E-state index contributed by atoms with van der Waals surface area (Å²) in [6.45, 7) is 0. The molecule has 3 nitrogen and oxygen atoms in total. The lowest BCUT2D eigenvalue weighted by Gasteiger charge is -2.10. The van der Waals surface area contributed by atoms with Crippen molar-refractivity contribution in [2.75, 3.05) is 14.2 Å². The molecule has 1 atom stereocenters. The molecule has 1 aromatic rings. The van der Waals surface area contributed by atoms with Crippen LogP contribution in [0.2, 0.25) is 0 Å². The van der Waals surface area contributed by atoms with E-state index in [2.05, 4.69) is 6.08 Å². The van der Waals surface area contributed by atoms with Crippen LogP contribution in [-0.2, 0) is 0 Å². The summed E-state index contributed by atoms with van der Waals surface area (Å²) in [5.74, 6) is 1.66. The van der Waals surface area contributed by atoms with Gasteiger partial charge in [-0.05, 0) is 30.5 Å². The van der Waals surface area contributed by atoms with Crippen LogP contribution >= 0.6 is 0 Å². The molecule has 1 aromatic carbocycles. The molecular formula is C13H17NO2. The summed E-state index contributed by atoms with van der Waals surface area (Å²) in [4.78, 5) is 0. The van der Waals surface area contributed by atoms with Crippen LogP contribution in [-0.4, -0.2) is 20.3 Å². The van der Waals surface area contributed by atoms with Gasteiger partial charge in [-0.3, -0.25) is 0 Å². The molecule has 3 heteroatoms. The van der Waals surface area contributed by atoms with Gasteiger partial charge in [0.15, 0.2) is 0 Å². The van der Waals surface area contributed by atoms with E-state index in [-0.39, 0.29) is 6.04 Å². The zero-order valence-electron chi connectivity index (χ0n) is 9.69. The Bertz CT molecular complexity index is 412. The zero-order chi connectivity index (χ0) is 11.5. The minimum Gasteiger partial charge on any atom is -0.497 e. The predicted octanol–water partition coefficient (Wildman–Crippen LogP) is 2.21. The molecule has 1 aliphatic carbocycles. The highest BCUT2D eigenvalue weighted by molar-refractivity contribution is 5.73. The summed E-state index contributed by atoms with van der Waals surface area (Å²) < 4.78 is 10.5. The second-order valence-electron chi connectivity index (χ2n) is 3.96. The third-order valence-electron chi connectivity index (χ3n) is 2.92. The minimum absolute atomic E-state index is 0.182. The van der Waals surface area contributed by atoms with Crippen molar-refractivity contribution < 1.29 is 9.47 Å². The Morgan fingerprint density at radius 3 is 2.62 bits per heavy atom. The lowest BCUT2D eigenvalue weighted by molar-refractivity contribution is 0.393. The van der Waals surface area contributed by atoms with Crippen LogP contribution in [0, 0.1) is 0 Å². The Kier molecular flexibility index (Phi) is 3.15. The molecule has 0 amide bonds. The maximum absolute atomic E-state index is 5.87. The van der Waals surface area contributed by atoms with Gasteiger partial charge in [0.25, 0.3) is 0 Å². The van der Waals surface area contributed by atoms with E-state index in [1.165, 1.54) is 5.57 Å². The van der Waals surface area contributed by atoms with Crippen molar-refractivity contribution in [2.24, 2.45) is 5.73 Å². The van der Waals surface area contributed by atoms with Crippen LogP contribution in [0.3, 0.4) is 0 Å². The molecule has 0 aliphatic heterocycles. The van der Waals surface area contributed by atoms with Crippen LogP contribution in [0.4, 0.5) is 0 Å². The van der Waals surface area contributed by atoms with E-state index in [1.54, 1.807) is 14.2 Å². The third kappa shape index (κ3) is 2.04. The fourth-order valence-corrected chi connectivity index (χ4v) is 2.04. The SMILES string of the molecule is COc1ccc(C2=CC(N)CC2)c(OC)c1. The van der Waals surface area contributed by atoms with E-state index in [1.807, 2.05) is 18.2 Å². The first-order chi connectivity index (χ1) is 7.74. The first-order valence-electron chi connectivity index (χ1n) is 5.43. The Morgan fingerprint density at radius 2 is 2.06 bits per heavy atom. The van der Waals surface area contributed by atoms with E-state index in [4.69, 9.17) is 15.2 Å². The third-order valence-corrected chi connectivity index (χ3v) is 2.92. The van der Waals surface area contributed by atoms with E-state index in [0.29, 0.717) is 0 Å². The minimum atomic E-state index is 0.182. The summed E-state index contributed by atoms with van der Waals surface area (Å²) in [6, 6.07) is 6.06. The van der Waals surface area contributed by atoms with Crippen LogP contribution in [0.5, 0.6) is 11.5 Å². The summed E-state index contributed by atoms with van der Waals surface area (Å²) in [6.07, 6.45) is 4.15. The van der Waals surface area contributed by atoms with Crippen LogP contribution in [0.25, 0.3) is 5.57 Å². The van der Waals surface area contributed by atoms with Gasteiger partial charge in [-0.1, -0.05) is 6.08 Å². The van der Waals surface area contributed by atoms with Gasteiger partial charge in [-0.2, -0.15) is 0 Å². The zero-order valence-corrected chi connectivity index (χ0v) is 9.69. The smallest absolute Gasteiger partial charge is 0.130 e. The molecule has 1 aliphatic rings. The number of hydrogen-bond acceptors (Lipinski definition) is 3. The summed E-state index contributed by atoms with van der Waals surface area (Å²) in [5, 5.41) is 0. The Hall–Kier alpha value is -1.48. The van der Waals surface area contributed by atoms with Gasteiger partial charge in [-0.15, -0.1) is 0 Å². The molecule has 1 unspecified atom stereocenters. The molecule has 16 heavy (non-hydrogen) atoms. The molecule has 0 aromatic heterocycles. The summed E-state index contributed by atoms with van der Waals surface area (Å²) in [5.41, 5.74) is 8.26. The molecular weight excluding hydrogens is 202 g/mol. The molecule has 0 radical (unpaired) electrons. The van der Waals surface area contributed by atoms with Crippen molar-refractivity contribution in [3.05, 3.63) is 29.8 Å². The monoisotopic (exact) mass is 219 g/mol. The van der Waals surface area contributed by atoms with Crippen LogP contribution < -0.4 is 15.2 Å². The second-order valence-corrected chi connectivity index (χ2v) is 3.96. The number of hydrogen-bond donors (Lipinski definition) is 1. The maximum atomic E-state index is 5.87. The van der Waals surface area contributed by atoms with Gasteiger partial charge in [0, 0.05) is 17.7 Å². The van der Waals surface area contributed by atoms with Crippen molar-refractivity contribution in [3.8, 4) is 11.5 Å². The Balaban J connectivity index is 2.37. The maximum Gasteiger partial charge on any atom is 0.130 e. The molecule has 2 rings (SSSR count). The first-order valence-corrected chi connectivity index (χ1v) is 5.43. The second kappa shape index (κ2) is 4.58. The topological polar surface area (TPSA) is 44.5 Å². The lowest BCUT2D eigenvalue weighted by Crippen LogP contribution is -2.11. The van der Waals surface area contributed by atoms with Gasteiger partial charge in [0.1, 0.15) is 11.5 Å². The molecule has 0 spiro atoms. The normalized spacial score (nSPS) is 19.4. The molecule has 0 fully saturated rings. The molecule has 0 saturated carbocycles. The average molecular weight is 219 g/mol. The van der Waals surface area contributed by atoms with E-state index in [9.17, 15) is 0 Å². The quantitative estimate of drug-likeness (QED) is 0.847. The first kappa shape index (κ1) is 11.0. The van der Waals surface area contributed by atoms with E-state index < -0.39 is 0 Å². The summed E-state index contributed by atoms with van der Waals surface area (Å²) >= 11 is 0. The predicted molar refractivity (Wildman–Crippen MR) is 64.7 cm³/mol. The Morgan fingerprint density at radius 1 is 1.25 bits per heavy atom. The van der Waals surface area contributed by atoms with Crippen molar-refractivity contribution >= 4 is 5.57 Å². The molecule has 2 N–H and O–H groups in total. The number of allylic oxidation sites excluding steroid dienone is 1. The van der Waals surface area contributed by atoms with E-state index >= 15 is 0 Å². The van der Waals surface area contributed by atoms with E-state index in [0.717, 1.165) is 29.9 Å². The standard InChI is InChI=1S/C13H17NO2/c1-15-11-5-6-12(13(8-11)16-2)9-3-4-10(14)7-9/h5-8,10H,3-4,14H2,1-2H3. The molecule has 0 heterocycles. The van der Waals surface area contributed by atoms with Gasteiger partial charge in [0.2, 0.25) is 0 Å². The van der Waals surface area contributed by atoms with Gasteiger partial charge >= 0.3 is 0 Å². The number of nitrogens with two attached hydrogens (primary N) is 1. The molecule has 0 saturated heterocycles. The van der Waals surface area contributed by atoms with Crippen LogP contribution in [0.15, 0.2) is 24.3 Å². The highest BCUT2D eigenvalue weighted by Gasteiger charge is 2.16. The highest BCUT2D eigenvalue weighted by atomic mass is 16.5. The lowest BCUT2D eigenvalue weighted by atomic mass is 10.0. The van der Waals surface area contributed by atoms with Crippen molar-refractivity contribution in [3.63, 3.8) is 0 Å². The average Bonchev–Trinajstić information content (AvgIpc) is 2.74. The molecule has 0 bridgehead atoms. The van der Waals surface area contributed by atoms with Gasteiger partial charge < -0.3 is 15.2 Å². The highest BCUT2D eigenvalue weighted by Crippen LogP contribution is 2.35. The van der Waals surface area contributed by atoms with Gasteiger partial charge in [0.05, 0.1) is 14.2 Å². The van der Waals surface area contributed by atoms with Gasteiger partial charge in [-0.25, -0.2) is 0 Å².